The van der Waals surface area contributed by atoms with Crippen LogP contribution in [-0.4, -0.2) is 38.8 Å². The Kier molecular flexibility index (Phi) is 8.23. The number of fused-ring (bicyclic) bond motifs is 1. The number of carboxylic acids is 1. The molecule has 1 aromatic heterocycles. The van der Waals surface area contributed by atoms with Crippen LogP contribution >= 0.6 is 0 Å². The van der Waals surface area contributed by atoms with E-state index in [0.29, 0.717) is 6.42 Å². The molecule has 3 atom stereocenters. The number of amides is 2. The van der Waals surface area contributed by atoms with Gasteiger partial charge < -0.3 is 15.8 Å². The molecule has 0 saturated heterocycles. The number of carbonyl (C=O) groups excluding carboxylic acids is 2. The molecule has 180 valence electrons. The van der Waals surface area contributed by atoms with Crippen molar-refractivity contribution in [1.82, 2.24) is 9.88 Å². The average molecular weight is 464 g/mol. The molecule has 0 aliphatic heterocycles. The van der Waals surface area contributed by atoms with E-state index in [4.69, 9.17) is 5.73 Å². The highest BCUT2D eigenvalue weighted by atomic mass is 16.4. The number of hydrogen-bond donors (Lipinski definition) is 3. The molecular formula is C27H33N3O4. The molecule has 2 aromatic carbocycles. The molecule has 3 unspecified atom stereocenters. The van der Waals surface area contributed by atoms with E-state index in [1.165, 1.54) is 4.90 Å². The molecule has 0 bridgehead atoms. The van der Waals surface area contributed by atoms with E-state index in [0.717, 1.165) is 22.0 Å². The third-order valence-electron chi connectivity index (χ3n) is 6.10. The molecule has 0 aliphatic carbocycles. The lowest BCUT2D eigenvalue weighted by Crippen LogP contribution is -2.51. The van der Waals surface area contributed by atoms with E-state index in [1.54, 1.807) is 6.92 Å². The minimum absolute atomic E-state index is 0.0946. The summed E-state index contributed by atoms with van der Waals surface area (Å²) in [6.45, 7) is 5.63. The second kappa shape index (κ2) is 11.1. The average Bonchev–Trinajstić information content (AvgIpc) is 3.21. The zero-order valence-electron chi connectivity index (χ0n) is 19.9. The van der Waals surface area contributed by atoms with Gasteiger partial charge in [-0.15, -0.1) is 0 Å². The van der Waals surface area contributed by atoms with E-state index in [9.17, 15) is 19.5 Å². The predicted octanol–water partition coefficient (Wildman–Crippen LogP) is 4.29. The Bertz CT molecular complexity index is 1140. The van der Waals surface area contributed by atoms with Gasteiger partial charge in [0.2, 0.25) is 11.8 Å². The number of nitrogens with one attached hydrogen (secondary N) is 1. The van der Waals surface area contributed by atoms with Gasteiger partial charge in [-0.2, -0.15) is 0 Å². The topological polar surface area (TPSA) is 116 Å². The van der Waals surface area contributed by atoms with Crippen molar-refractivity contribution in [3.05, 3.63) is 71.9 Å². The maximum Gasteiger partial charge on any atom is 0.304 e. The summed E-state index contributed by atoms with van der Waals surface area (Å²) in [5.41, 5.74) is 9.00. The van der Waals surface area contributed by atoms with Crippen LogP contribution in [0.1, 0.15) is 50.8 Å². The Morgan fingerprint density at radius 2 is 1.62 bits per heavy atom. The number of carbonyl (C=O) groups is 3. The summed E-state index contributed by atoms with van der Waals surface area (Å²) in [5, 5.41) is 10.4. The van der Waals surface area contributed by atoms with Crippen LogP contribution in [0.15, 0.2) is 60.8 Å². The maximum absolute atomic E-state index is 13.7. The number of aromatic nitrogens is 1. The second-order valence-corrected chi connectivity index (χ2v) is 9.23. The lowest BCUT2D eigenvalue weighted by Gasteiger charge is -2.33. The molecular weight excluding hydrogens is 430 g/mol. The summed E-state index contributed by atoms with van der Waals surface area (Å²) in [6.07, 6.45) is 2.12. The number of H-pyrrole nitrogens is 1. The Hall–Kier alpha value is -3.45. The Morgan fingerprint density at radius 3 is 2.26 bits per heavy atom. The number of imide groups is 1. The van der Waals surface area contributed by atoms with E-state index in [-0.39, 0.29) is 18.8 Å². The molecule has 0 spiro atoms. The summed E-state index contributed by atoms with van der Waals surface area (Å²) in [6, 6.07) is 15.4. The first-order chi connectivity index (χ1) is 16.2. The number of carboxylic acid groups (broad SMARTS) is 1. The second-order valence-electron chi connectivity index (χ2n) is 9.23. The van der Waals surface area contributed by atoms with Gasteiger partial charge in [0.25, 0.3) is 0 Å². The van der Waals surface area contributed by atoms with E-state index >= 15 is 0 Å². The number of aromatic amines is 1. The summed E-state index contributed by atoms with van der Waals surface area (Å²) >= 11 is 0. The summed E-state index contributed by atoms with van der Waals surface area (Å²) in [4.78, 5) is 43.2. The van der Waals surface area contributed by atoms with Gasteiger partial charge in [0, 0.05) is 23.0 Å². The number of aliphatic carboxylic acids is 1. The van der Waals surface area contributed by atoms with Crippen LogP contribution in [-0.2, 0) is 20.8 Å². The maximum atomic E-state index is 13.7. The molecule has 34 heavy (non-hydrogen) atoms. The SMILES string of the molecule is CC(C)CC(CC(=O)O)C(=O)N(C(=O)C(N)Cc1c[nH]c2ccccc12)C(C)c1ccccc1. The van der Waals surface area contributed by atoms with Crippen LogP contribution in [0.25, 0.3) is 10.9 Å². The van der Waals surface area contributed by atoms with Crippen molar-refractivity contribution in [3.63, 3.8) is 0 Å². The minimum atomic E-state index is -1.07. The Morgan fingerprint density at radius 1 is 0.971 bits per heavy atom. The fourth-order valence-corrected chi connectivity index (χ4v) is 4.42. The number of nitrogens with two attached hydrogens (primary N) is 1. The fraction of sp³-hybridized carbons (Fsp3) is 0.370. The monoisotopic (exact) mass is 463 g/mol. The summed E-state index contributed by atoms with van der Waals surface area (Å²) in [5.74, 6) is -2.79. The molecule has 7 heteroatoms. The highest BCUT2D eigenvalue weighted by molar-refractivity contribution is 6.00. The molecule has 1 heterocycles. The first-order valence-electron chi connectivity index (χ1n) is 11.6. The van der Waals surface area contributed by atoms with Crippen LogP contribution in [0.3, 0.4) is 0 Å². The van der Waals surface area contributed by atoms with Crippen LogP contribution in [0.4, 0.5) is 0 Å². The summed E-state index contributed by atoms with van der Waals surface area (Å²) < 4.78 is 0. The molecule has 3 aromatic rings. The molecule has 0 radical (unpaired) electrons. The normalized spacial score (nSPS) is 14.0. The number of nitrogens with zero attached hydrogens (tertiary/aromatic N) is 1. The Labute approximate surface area is 200 Å². The van der Waals surface area contributed by atoms with Crippen LogP contribution in [0.2, 0.25) is 0 Å². The van der Waals surface area contributed by atoms with Gasteiger partial charge >= 0.3 is 5.97 Å². The van der Waals surface area contributed by atoms with Gasteiger partial charge in [-0.1, -0.05) is 62.4 Å². The predicted molar refractivity (Wildman–Crippen MR) is 132 cm³/mol. The molecule has 2 amide bonds. The third kappa shape index (κ3) is 5.91. The Balaban J connectivity index is 1.93. The van der Waals surface area contributed by atoms with Crippen molar-refractivity contribution in [3.8, 4) is 0 Å². The number of para-hydroxylation sites is 1. The third-order valence-corrected chi connectivity index (χ3v) is 6.10. The van der Waals surface area contributed by atoms with E-state index in [2.05, 4.69) is 4.98 Å². The molecule has 0 aliphatic rings. The van der Waals surface area contributed by atoms with Crippen molar-refractivity contribution >= 4 is 28.7 Å². The van der Waals surface area contributed by atoms with Gasteiger partial charge in [-0.05, 0) is 42.9 Å². The lowest BCUT2D eigenvalue weighted by atomic mass is 9.91. The van der Waals surface area contributed by atoms with Gasteiger partial charge in [0.05, 0.1) is 18.5 Å². The first-order valence-corrected chi connectivity index (χ1v) is 11.6. The number of benzene rings is 2. The molecule has 3 rings (SSSR count). The number of hydrogen-bond acceptors (Lipinski definition) is 4. The van der Waals surface area contributed by atoms with Crippen molar-refractivity contribution in [2.75, 3.05) is 0 Å². The van der Waals surface area contributed by atoms with Gasteiger partial charge in [0.1, 0.15) is 0 Å². The number of rotatable bonds is 10. The molecule has 0 fully saturated rings. The lowest BCUT2D eigenvalue weighted by molar-refractivity contribution is -0.154. The minimum Gasteiger partial charge on any atom is -0.481 e. The van der Waals surface area contributed by atoms with Crippen molar-refractivity contribution in [2.45, 2.75) is 52.1 Å². The largest absolute Gasteiger partial charge is 0.481 e. The van der Waals surface area contributed by atoms with Crippen molar-refractivity contribution in [2.24, 2.45) is 17.6 Å². The quantitative estimate of drug-likeness (QED) is 0.415. The first kappa shape index (κ1) is 25.2. The van der Waals surface area contributed by atoms with E-state index < -0.39 is 35.8 Å². The van der Waals surface area contributed by atoms with Crippen LogP contribution < -0.4 is 5.73 Å². The zero-order valence-corrected chi connectivity index (χ0v) is 19.9. The summed E-state index contributed by atoms with van der Waals surface area (Å²) in [7, 11) is 0. The highest BCUT2D eigenvalue weighted by Crippen LogP contribution is 2.28. The molecule has 4 N–H and O–H groups in total. The van der Waals surface area contributed by atoms with Gasteiger partial charge in [-0.3, -0.25) is 19.3 Å². The smallest absolute Gasteiger partial charge is 0.304 e. The standard InChI is InChI=1S/C27H33N3O4/c1-17(2)13-20(15-25(31)32)26(33)30(18(3)19-9-5-4-6-10-19)27(34)23(28)14-21-16-29-24-12-8-7-11-22(21)24/h4-12,16-18,20,23,29H,13-15,28H2,1-3H3,(H,31,32). The molecule has 0 saturated carbocycles. The van der Waals surface area contributed by atoms with Gasteiger partial charge in [-0.25, -0.2) is 0 Å². The highest BCUT2D eigenvalue weighted by Gasteiger charge is 2.36. The zero-order chi connectivity index (χ0) is 24.8. The fourth-order valence-electron chi connectivity index (χ4n) is 4.42. The van der Waals surface area contributed by atoms with Crippen LogP contribution in [0, 0.1) is 11.8 Å². The van der Waals surface area contributed by atoms with Crippen LogP contribution in [0.5, 0.6) is 0 Å². The van der Waals surface area contributed by atoms with Gasteiger partial charge in [0.15, 0.2) is 0 Å². The molecule has 7 nitrogen and oxygen atoms in total. The van der Waals surface area contributed by atoms with Crippen molar-refractivity contribution in [1.29, 1.82) is 0 Å². The van der Waals surface area contributed by atoms with Crippen molar-refractivity contribution < 1.29 is 19.5 Å². The van der Waals surface area contributed by atoms with E-state index in [1.807, 2.05) is 74.6 Å².